The Morgan fingerprint density at radius 1 is 1.24 bits per heavy atom. The summed E-state index contributed by atoms with van der Waals surface area (Å²) in [5.74, 6) is 0.981. The molecule has 21 heavy (non-hydrogen) atoms. The van der Waals surface area contributed by atoms with Crippen molar-refractivity contribution in [1.82, 2.24) is 20.2 Å². The van der Waals surface area contributed by atoms with E-state index in [1.54, 1.807) is 6.20 Å². The molecule has 1 aromatic heterocycles. The van der Waals surface area contributed by atoms with Crippen LogP contribution in [0.3, 0.4) is 0 Å². The Kier molecular flexibility index (Phi) is 5.51. The number of hydrogen-bond acceptors (Lipinski definition) is 3. The number of carbonyl (C=O) groups is 1. The molecule has 0 atom stereocenters. The maximum atomic E-state index is 11.9. The zero-order chi connectivity index (χ0) is 15.1. The van der Waals surface area contributed by atoms with E-state index in [-0.39, 0.29) is 5.91 Å². The molecule has 0 fully saturated rings. The lowest BCUT2D eigenvalue weighted by Crippen LogP contribution is -2.32. The monoisotopic (exact) mass is 286 g/mol. The van der Waals surface area contributed by atoms with Gasteiger partial charge in [-0.25, -0.2) is 4.98 Å². The highest BCUT2D eigenvalue weighted by molar-refractivity contribution is 5.94. The molecule has 1 heterocycles. The van der Waals surface area contributed by atoms with Gasteiger partial charge in [0.05, 0.1) is 6.54 Å². The van der Waals surface area contributed by atoms with Gasteiger partial charge in [-0.3, -0.25) is 4.79 Å². The highest BCUT2D eigenvalue weighted by atomic mass is 16.1. The number of rotatable bonds is 7. The van der Waals surface area contributed by atoms with Gasteiger partial charge in [0.25, 0.3) is 5.91 Å². The average Bonchev–Trinajstić information content (AvgIpc) is 2.95. The Balaban J connectivity index is 1.68. The molecule has 1 aromatic carbocycles. The van der Waals surface area contributed by atoms with Crippen molar-refractivity contribution < 1.29 is 4.79 Å². The standard InChI is InChI=1S/C16H22N4O/c1-3-20-11-10-18-15(20)12-17-8-9-19-16(21)14-6-4-13(2)5-7-14/h4-7,10-11,17H,3,8-9,12H2,1-2H3,(H,19,21). The Bertz CT molecular complexity index is 574. The van der Waals surface area contributed by atoms with Crippen LogP contribution in [0.25, 0.3) is 0 Å². The van der Waals surface area contributed by atoms with Gasteiger partial charge < -0.3 is 15.2 Å². The molecule has 0 unspecified atom stereocenters. The van der Waals surface area contributed by atoms with Crippen molar-refractivity contribution in [3.8, 4) is 0 Å². The maximum absolute atomic E-state index is 11.9. The van der Waals surface area contributed by atoms with Crippen LogP contribution in [0.2, 0.25) is 0 Å². The first kappa shape index (κ1) is 15.3. The number of benzene rings is 1. The number of aromatic nitrogens is 2. The Hall–Kier alpha value is -2.14. The Morgan fingerprint density at radius 2 is 2.00 bits per heavy atom. The Morgan fingerprint density at radius 3 is 2.71 bits per heavy atom. The van der Waals surface area contributed by atoms with E-state index in [9.17, 15) is 4.79 Å². The van der Waals surface area contributed by atoms with Gasteiger partial charge in [-0.15, -0.1) is 0 Å². The summed E-state index contributed by atoms with van der Waals surface area (Å²) in [5, 5.41) is 6.18. The quantitative estimate of drug-likeness (QED) is 0.762. The third kappa shape index (κ3) is 4.43. The van der Waals surface area contributed by atoms with E-state index in [0.29, 0.717) is 25.2 Å². The molecule has 0 saturated carbocycles. The van der Waals surface area contributed by atoms with E-state index < -0.39 is 0 Å². The third-order valence-electron chi connectivity index (χ3n) is 3.33. The molecule has 1 amide bonds. The van der Waals surface area contributed by atoms with Gasteiger partial charge in [-0.05, 0) is 26.0 Å². The van der Waals surface area contributed by atoms with Gasteiger partial charge in [0.2, 0.25) is 0 Å². The first-order valence-electron chi connectivity index (χ1n) is 7.26. The smallest absolute Gasteiger partial charge is 0.251 e. The number of nitrogens with one attached hydrogen (secondary N) is 2. The number of imidazole rings is 1. The molecule has 0 aliphatic heterocycles. The second-order valence-corrected chi connectivity index (χ2v) is 4.93. The molecule has 0 aliphatic carbocycles. The predicted molar refractivity (Wildman–Crippen MR) is 83.1 cm³/mol. The number of aryl methyl sites for hydroxylation is 2. The topological polar surface area (TPSA) is 59.0 Å². The number of hydrogen-bond donors (Lipinski definition) is 2. The Labute approximate surface area is 125 Å². The summed E-state index contributed by atoms with van der Waals surface area (Å²) in [5.41, 5.74) is 1.85. The van der Waals surface area contributed by atoms with Gasteiger partial charge in [-0.2, -0.15) is 0 Å². The summed E-state index contributed by atoms with van der Waals surface area (Å²) in [6, 6.07) is 7.57. The molecule has 0 aliphatic rings. The fraction of sp³-hybridized carbons (Fsp3) is 0.375. The molecule has 5 nitrogen and oxygen atoms in total. The summed E-state index contributed by atoms with van der Waals surface area (Å²) in [6.07, 6.45) is 3.77. The van der Waals surface area contributed by atoms with Crippen LogP contribution < -0.4 is 10.6 Å². The number of nitrogens with zero attached hydrogens (tertiary/aromatic N) is 2. The minimum atomic E-state index is -0.0353. The average molecular weight is 286 g/mol. The van der Waals surface area contributed by atoms with E-state index in [1.807, 2.05) is 37.4 Å². The first-order valence-corrected chi connectivity index (χ1v) is 7.26. The van der Waals surface area contributed by atoms with Crippen LogP contribution in [0.4, 0.5) is 0 Å². The summed E-state index contributed by atoms with van der Waals surface area (Å²) >= 11 is 0. The largest absolute Gasteiger partial charge is 0.351 e. The van der Waals surface area contributed by atoms with Crippen molar-refractivity contribution in [2.24, 2.45) is 0 Å². The summed E-state index contributed by atoms with van der Waals surface area (Å²) in [4.78, 5) is 16.2. The van der Waals surface area contributed by atoms with E-state index >= 15 is 0 Å². The van der Waals surface area contributed by atoms with E-state index in [2.05, 4.69) is 27.1 Å². The zero-order valence-corrected chi connectivity index (χ0v) is 12.6. The van der Waals surface area contributed by atoms with Crippen LogP contribution in [0.5, 0.6) is 0 Å². The predicted octanol–water partition coefficient (Wildman–Crippen LogP) is 1.73. The van der Waals surface area contributed by atoms with Crippen LogP contribution in [-0.2, 0) is 13.1 Å². The summed E-state index contributed by atoms with van der Waals surface area (Å²) < 4.78 is 2.10. The van der Waals surface area contributed by atoms with Gasteiger partial charge in [0.1, 0.15) is 5.82 Å². The van der Waals surface area contributed by atoms with E-state index in [0.717, 1.165) is 17.9 Å². The lowest BCUT2D eigenvalue weighted by atomic mass is 10.1. The summed E-state index contributed by atoms with van der Waals surface area (Å²) in [7, 11) is 0. The molecular weight excluding hydrogens is 264 g/mol. The molecule has 0 spiro atoms. The van der Waals surface area contributed by atoms with Crippen molar-refractivity contribution >= 4 is 5.91 Å². The lowest BCUT2D eigenvalue weighted by molar-refractivity contribution is 0.0954. The van der Waals surface area contributed by atoms with Crippen molar-refractivity contribution in [2.45, 2.75) is 26.9 Å². The second-order valence-electron chi connectivity index (χ2n) is 4.93. The minimum absolute atomic E-state index is 0.0353. The highest BCUT2D eigenvalue weighted by Gasteiger charge is 2.04. The minimum Gasteiger partial charge on any atom is -0.351 e. The summed E-state index contributed by atoms with van der Waals surface area (Å²) in [6.45, 7) is 7.04. The second kappa shape index (κ2) is 7.59. The molecule has 2 N–H and O–H groups in total. The van der Waals surface area contributed by atoms with Gasteiger partial charge in [0.15, 0.2) is 0 Å². The molecule has 2 aromatic rings. The van der Waals surface area contributed by atoms with Crippen molar-refractivity contribution in [1.29, 1.82) is 0 Å². The molecule has 0 saturated heterocycles. The van der Waals surface area contributed by atoms with Gasteiger partial charge in [-0.1, -0.05) is 17.7 Å². The van der Waals surface area contributed by atoms with Gasteiger partial charge >= 0.3 is 0 Å². The van der Waals surface area contributed by atoms with E-state index in [1.165, 1.54) is 0 Å². The van der Waals surface area contributed by atoms with Gasteiger partial charge in [0, 0.05) is 37.6 Å². The maximum Gasteiger partial charge on any atom is 0.251 e. The van der Waals surface area contributed by atoms with Crippen LogP contribution in [0.1, 0.15) is 28.7 Å². The number of carbonyl (C=O) groups excluding carboxylic acids is 1. The van der Waals surface area contributed by atoms with E-state index in [4.69, 9.17) is 0 Å². The van der Waals surface area contributed by atoms with Crippen LogP contribution in [0.15, 0.2) is 36.7 Å². The fourth-order valence-electron chi connectivity index (χ4n) is 2.07. The van der Waals surface area contributed by atoms with Crippen molar-refractivity contribution in [3.63, 3.8) is 0 Å². The molecule has 0 bridgehead atoms. The molecule has 112 valence electrons. The molecule has 5 heteroatoms. The van der Waals surface area contributed by atoms with Crippen molar-refractivity contribution in [3.05, 3.63) is 53.6 Å². The van der Waals surface area contributed by atoms with Crippen LogP contribution >= 0.6 is 0 Å². The molecule has 2 rings (SSSR count). The fourth-order valence-corrected chi connectivity index (χ4v) is 2.07. The third-order valence-corrected chi connectivity index (χ3v) is 3.33. The van der Waals surface area contributed by atoms with Crippen LogP contribution in [0, 0.1) is 6.92 Å². The highest BCUT2D eigenvalue weighted by Crippen LogP contribution is 2.02. The zero-order valence-electron chi connectivity index (χ0n) is 12.6. The lowest BCUT2D eigenvalue weighted by Gasteiger charge is -2.08. The van der Waals surface area contributed by atoms with Crippen molar-refractivity contribution in [2.75, 3.05) is 13.1 Å². The number of amides is 1. The molecular formula is C16H22N4O. The first-order chi connectivity index (χ1) is 10.2. The molecule has 0 radical (unpaired) electrons. The SMILES string of the molecule is CCn1ccnc1CNCCNC(=O)c1ccc(C)cc1. The van der Waals surface area contributed by atoms with Crippen LogP contribution in [-0.4, -0.2) is 28.5 Å². The normalized spacial score (nSPS) is 10.6.